The van der Waals surface area contributed by atoms with Gasteiger partial charge < -0.3 is 10.2 Å². The van der Waals surface area contributed by atoms with Gasteiger partial charge in [-0.2, -0.15) is 13.2 Å². The van der Waals surface area contributed by atoms with Crippen molar-refractivity contribution in [3.8, 4) is 0 Å². The molecule has 7 heteroatoms. The third-order valence-corrected chi connectivity index (χ3v) is 2.30. The molecule has 4 nitrogen and oxygen atoms in total. The summed E-state index contributed by atoms with van der Waals surface area (Å²) >= 11 is 0. The predicted molar refractivity (Wildman–Crippen MR) is 67.9 cm³/mol. The lowest BCUT2D eigenvalue weighted by molar-refractivity contribution is -0.119. The van der Waals surface area contributed by atoms with E-state index in [1.54, 1.807) is 0 Å². The molecule has 0 aromatic carbocycles. The van der Waals surface area contributed by atoms with Crippen molar-refractivity contribution in [2.75, 3.05) is 18.5 Å². The smallest absolute Gasteiger partial charge is 0.349 e. The van der Waals surface area contributed by atoms with Crippen LogP contribution in [0, 0.1) is 0 Å². The molecule has 0 spiro atoms. The topological polar surface area (TPSA) is 41.1 Å². The number of hydrogen-bond donors (Lipinski definition) is 1. The lowest BCUT2D eigenvalue weighted by Gasteiger charge is -2.21. The van der Waals surface area contributed by atoms with Crippen LogP contribution in [0.4, 0.5) is 19.0 Å². The zero-order valence-electron chi connectivity index (χ0n) is 11.5. The van der Waals surface area contributed by atoms with Crippen LogP contribution in [0.5, 0.6) is 0 Å². The highest BCUT2D eigenvalue weighted by Crippen LogP contribution is 2.18. The van der Waals surface area contributed by atoms with Crippen molar-refractivity contribution < 1.29 is 13.2 Å². The first-order valence-electron chi connectivity index (χ1n) is 5.91. The maximum Gasteiger partial charge on any atom is 0.405 e. The van der Waals surface area contributed by atoms with Crippen molar-refractivity contribution >= 4 is 5.82 Å². The maximum absolute atomic E-state index is 12.2. The largest absolute Gasteiger partial charge is 0.405 e. The zero-order valence-corrected chi connectivity index (χ0v) is 11.5. The summed E-state index contributed by atoms with van der Waals surface area (Å²) in [5.41, 5.74) is 0.645. The zero-order chi connectivity index (χ0) is 14.7. The van der Waals surface area contributed by atoms with E-state index in [1.165, 1.54) is 19.4 Å². The fourth-order valence-corrected chi connectivity index (χ4v) is 1.34. The van der Waals surface area contributed by atoms with Gasteiger partial charge in [-0.05, 0) is 20.8 Å². The van der Waals surface area contributed by atoms with Crippen molar-refractivity contribution in [1.29, 1.82) is 0 Å². The number of nitrogens with one attached hydrogen (secondary N) is 1. The fraction of sp³-hybridized carbons (Fsp3) is 0.667. The Morgan fingerprint density at radius 2 is 1.79 bits per heavy atom. The summed E-state index contributed by atoms with van der Waals surface area (Å²) in [6.45, 7) is 5.55. The van der Waals surface area contributed by atoms with E-state index >= 15 is 0 Å². The van der Waals surface area contributed by atoms with E-state index in [0.717, 1.165) is 4.90 Å². The monoisotopic (exact) mass is 276 g/mol. The summed E-state index contributed by atoms with van der Waals surface area (Å²) in [6, 6.07) is 0. The van der Waals surface area contributed by atoms with Gasteiger partial charge in [-0.25, -0.2) is 4.98 Å². The highest BCUT2D eigenvalue weighted by Gasteiger charge is 2.29. The quantitative estimate of drug-likeness (QED) is 0.916. The average molecular weight is 276 g/mol. The molecule has 0 bridgehead atoms. The minimum absolute atomic E-state index is 0.0482. The Balaban J connectivity index is 2.61. The number of alkyl halides is 3. The summed E-state index contributed by atoms with van der Waals surface area (Å²) in [5, 5.41) is 3.23. The van der Waals surface area contributed by atoms with Crippen LogP contribution in [-0.2, 0) is 6.54 Å². The van der Waals surface area contributed by atoms with Gasteiger partial charge in [0.1, 0.15) is 12.4 Å². The summed E-state index contributed by atoms with van der Waals surface area (Å²) in [4.78, 5) is 9.11. The van der Waals surface area contributed by atoms with Gasteiger partial charge in [-0.15, -0.1) is 0 Å². The lowest BCUT2D eigenvalue weighted by Crippen LogP contribution is -2.35. The van der Waals surface area contributed by atoms with Crippen molar-refractivity contribution in [2.24, 2.45) is 0 Å². The van der Waals surface area contributed by atoms with Crippen LogP contribution in [-0.4, -0.2) is 35.3 Å². The van der Waals surface area contributed by atoms with E-state index in [1.807, 2.05) is 20.8 Å². The molecule has 1 rings (SSSR count). The molecule has 0 saturated carbocycles. The van der Waals surface area contributed by atoms with E-state index < -0.39 is 12.7 Å². The molecule has 0 fully saturated rings. The van der Waals surface area contributed by atoms with Crippen molar-refractivity contribution in [2.45, 2.75) is 39.0 Å². The van der Waals surface area contributed by atoms with Crippen LogP contribution in [0.2, 0.25) is 0 Å². The summed E-state index contributed by atoms with van der Waals surface area (Å²) in [5.74, 6) is 0.205. The van der Waals surface area contributed by atoms with Crippen LogP contribution in [0.3, 0.4) is 0 Å². The van der Waals surface area contributed by atoms with E-state index in [9.17, 15) is 13.2 Å². The van der Waals surface area contributed by atoms with E-state index in [2.05, 4.69) is 15.3 Å². The third kappa shape index (κ3) is 6.37. The molecule has 0 aliphatic carbocycles. The van der Waals surface area contributed by atoms with Gasteiger partial charge in [-0.1, -0.05) is 0 Å². The van der Waals surface area contributed by atoms with Crippen molar-refractivity contribution in [3.05, 3.63) is 18.1 Å². The normalized spacial score (nSPS) is 12.6. The Labute approximate surface area is 111 Å². The third-order valence-electron chi connectivity index (χ3n) is 2.30. The predicted octanol–water partition coefficient (Wildman–Crippen LogP) is 2.36. The maximum atomic E-state index is 12.2. The van der Waals surface area contributed by atoms with Crippen molar-refractivity contribution in [3.63, 3.8) is 0 Å². The van der Waals surface area contributed by atoms with Gasteiger partial charge in [0.2, 0.25) is 0 Å². The van der Waals surface area contributed by atoms with E-state index in [0.29, 0.717) is 12.2 Å². The molecule has 0 aliphatic heterocycles. The molecule has 1 aromatic rings. The minimum atomic E-state index is -4.25. The molecule has 0 unspecified atom stereocenters. The van der Waals surface area contributed by atoms with Gasteiger partial charge in [0.05, 0.1) is 18.1 Å². The van der Waals surface area contributed by atoms with Gasteiger partial charge in [0.15, 0.2) is 0 Å². The number of aromatic nitrogens is 2. The van der Waals surface area contributed by atoms with Gasteiger partial charge in [-0.3, -0.25) is 4.98 Å². The Kier molecular flexibility index (Phi) is 4.73. The molecule has 1 heterocycles. The molecule has 1 aromatic heterocycles. The van der Waals surface area contributed by atoms with Crippen LogP contribution in [0.25, 0.3) is 0 Å². The summed E-state index contributed by atoms with van der Waals surface area (Å²) < 4.78 is 36.7. The fourth-order valence-electron chi connectivity index (χ4n) is 1.34. The van der Waals surface area contributed by atoms with Gasteiger partial charge >= 0.3 is 6.18 Å². The summed E-state index contributed by atoms with van der Waals surface area (Å²) in [7, 11) is 1.34. The molecule has 0 aliphatic rings. The first-order chi connectivity index (χ1) is 8.57. The second-order valence-corrected chi connectivity index (χ2v) is 5.44. The second-order valence-electron chi connectivity index (χ2n) is 5.44. The highest BCUT2D eigenvalue weighted by atomic mass is 19.4. The minimum Gasteiger partial charge on any atom is -0.349 e. The molecule has 19 heavy (non-hydrogen) atoms. The molecular weight excluding hydrogens is 257 g/mol. The molecule has 0 saturated heterocycles. The SMILES string of the molecule is CN(CC(F)(F)F)c1cnc(CNC(C)(C)C)cn1. The Morgan fingerprint density at radius 3 is 2.21 bits per heavy atom. The van der Waals surface area contributed by atoms with Gasteiger partial charge in [0, 0.05) is 19.1 Å². The van der Waals surface area contributed by atoms with Crippen LogP contribution >= 0.6 is 0 Å². The van der Waals surface area contributed by atoms with E-state index in [4.69, 9.17) is 0 Å². The van der Waals surface area contributed by atoms with Crippen LogP contribution in [0.1, 0.15) is 26.5 Å². The first-order valence-corrected chi connectivity index (χ1v) is 5.91. The molecular formula is C12H19F3N4. The number of rotatable bonds is 4. The molecule has 0 radical (unpaired) electrons. The van der Waals surface area contributed by atoms with Crippen molar-refractivity contribution in [1.82, 2.24) is 15.3 Å². The number of nitrogens with zero attached hydrogens (tertiary/aromatic N) is 3. The molecule has 1 N–H and O–H groups in total. The van der Waals surface area contributed by atoms with Crippen LogP contribution < -0.4 is 10.2 Å². The Bertz CT molecular complexity index is 395. The highest BCUT2D eigenvalue weighted by molar-refractivity contribution is 5.34. The molecule has 0 amide bonds. The van der Waals surface area contributed by atoms with E-state index in [-0.39, 0.29) is 11.4 Å². The Hall–Kier alpha value is -1.37. The first kappa shape index (κ1) is 15.7. The standard InChI is InChI=1S/C12H19F3N4/c1-11(2,3)18-6-9-5-17-10(7-16-9)19(4)8-12(13,14)15/h5,7,18H,6,8H2,1-4H3. The molecule has 0 atom stereocenters. The molecule has 108 valence electrons. The number of hydrogen-bond acceptors (Lipinski definition) is 4. The number of halogens is 3. The van der Waals surface area contributed by atoms with Gasteiger partial charge in [0.25, 0.3) is 0 Å². The average Bonchev–Trinajstić information content (AvgIpc) is 2.23. The number of anilines is 1. The second kappa shape index (κ2) is 5.73. The Morgan fingerprint density at radius 1 is 1.16 bits per heavy atom. The lowest BCUT2D eigenvalue weighted by atomic mass is 10.1. The summed E-state index contributed by atoms with van der Waals surface area (Å²) in [6.07, 6.45) is -1.41. The van der Waals surface area contributed by atoms with Crippen LogP contribution in [0.15, 0.2) is 12.4 Å².